The number of aromatic nitrogens is 2. The third kappa shape index (κ3) is 13.0. The molecule has 2 aliphatic carbocycles. The number of methoxy groups -OCH3 is 2. The van der Waals surface area contributed by atoms with Crippen LogP contribution < -0.4 is 29.6 Å². The molecule has 21 heteroatoms. The number of ketones is 2. The lowest BCUT2D eigenvalue weighted by Crippen LogP contribution is -2.44. The van der Waals surface area contributed by atoms with E-state index in [1.165, 1.54) is 87.0 Å². The number of rotatable bonds is 20. The number of nitrogens with one attached hydrogen (secondary N) is 2. The van der Waals surface area contributed by atoms with Crippen molar-refractivity contribution in [2.24, 2.45) is 0 Å². The minimum atomic E-state index is -5.14. The molecule has 79 heavy (non-hydrogen) atoms. The van der Waals surface area contributed by atoms with Crippen LogP contribution in [-0.4, -0.2) is 96.7 Å². The molecule has 2 saturated carbocycles. The summed E-state index contributed by atoms with van der Waals surface area (Å²) in [6, 6.07) is 23.6. The summed E-state index contributed by atoms with van der Waals surface area (Å²) in [5.74, 6) is -1.01. The fraction of sp³-hybridized carbons (Fsp3) is 0.379. The van der Waals surface area contributed by atoms with E-state index in [0.717, 1.165) is 31.7 Å². The van der Waals surface area contributed by atoms with Crippen molar-refractivity contribution in [3.05, 3.63) is 153 Å². The molecule has 2 atom stereocenters. The highest BCUT2D eigenvalue weighted by atomic mass is 35.5. The number of Topliss-reactive ketones (excluding diaryl/α,β-unsaturated/α-hetero) is 2. The lowest BCUT2D eigenvalue weighted by Gasteiger charge is -2.33. The van der Waals surface area contributed by atoms with E-state index in [1.54, 1.807) is 24.3 Å². The van der Waals surface area contributed by atoms with Crippen molar-refractivity contribution in [1.82, 2.24) is 20.6 Å². The Balaban J connectivity index is 0.000000192. The number of hydrogen-bond donors (Lipinski definition) is 4. The van der Waals surface area contributed by atoms with Gasteiger partial charge >= 0.3 is 12.4 Å². The standard InChI is InChI=1S/C29H27ClF4N2O4.C29H28F4N2O4/c1-39-26-12-17(3-7-25(26)40-20-4-5-20)24(37)8-9-28(38,29(32,33)34)27-13-18(19-14-35-15-19)11-23(36-27)16-2-6-22(31)21(30)10-16;1-38-26-13-18(4-9-25(26)39-22-7-8-22)24(36)10-11-28(37,29(31,32)33)27-14-19(20-15-34-16-20)12-23(35-27)17-2-5-21(30)6-3-17/h2-3,6-7,10-13,19-20,35,38H,4-5,8-9,14-15H2,1H3;2-6,9,12-14,20,22,34,37H,7-8,10-11,15-16H2,1H3. The topological polar surface area (TPSA) is 161 Å². The minimum Gasteiger partial charge on any atom is -0.493 e. The smallest absolute Gasteiger partial charge is 0.422 e. The average molecular weight is 1120 g/mol. The SMILES string of the molecule is COc1cc(C(=O)CCC(O)(c2cc(C3CNC3)cc(-c3ccc(F)c(Cl)c3)n2)C(F)(F)F)ccc1OC1CC1.COc1cc(C(=O)CCC(O)(c2cc(C3CNC3)cc(-c3ccc(F)cc3)n2)C(F)(F)F)ccc1OC1CC1. The van der Waals surface area contributed by atoms with Gasteiger partial charge in [-0.1, -0.05) is 11.6 Å². The van der Waals surface area contributed by atoms with E-state index in [1.807, 2.05) is 0 Å². The zero-order valence-corrected chi connectivity index (χ0v) is 43.5. The molecule has 12 nitrogen and oxygen atoms in total. The Morgan fingerprint density at radius 2 is 0.987 bits per heavy atom. The van der Waals surface area contributed by atoms with Gasteiger partial charge in [0, 0.05) is 73.1 Å². The van der Waals surface area contributed by atoms with Crippen molar-refractivity contribution in [3.63, 3.8) is 0 Å². The van der Waals surface area contributed by atoms with Crippen LogP contribution in [0.4, 0.5) is 35.1 Å². The molecular weight excluding hydrogens is 1070 g/mol. The molecule has 0 radical (unpaired) electrons. The fourth-order valence-corrected chi connectivity index (χ4v) is 9.12. The van der Waals surface area contributed by atoms with Gasteiger partial charge in [-0.05, 0) is 153 Å². The number of alkyl halides is 6. The Bertz CT molecular complexity index is 3200. The molecule has 2 aliphatic heterocycles. The van der Waals surface area contributed by atoms with Gasteiger partial charge < -0.3 is 39.8 Å². The molecule has 2 saturated heterocycles. The first kappa shape index (κ1) is 57.0. The van der Waals surface area contributed by atoms with E-state index in [9.17, 15) is 54.9 Å². The van der Waals surface area contributed by atoms with Gasteiger partial charge in [0.15, 0.2) is 34.6 Å². The van der Waals surface area contributed by atoms with Crippen molar-refractivity contribution < 1.29 is 73.9 Å². The van der Waals surface area contributed by atoms with Gasteiger partial charge in [-0.15, -0.1) is 0 Å². The molecule has 2 unspecified atom stereocenters. The highest BCUT2D eigenvalue weighted by molar-refractivity contribution is 6.31. The zero-order valence-electron chi connectivity index (χ0n) is 42.7. The summed E-state index contributed by atoms with van der Waals surface area (Å²) < 4.78 is 136. The van der Waals surface area contributed by atoms with Gasteiger partial charge in [0.2, 0.25) is 11.2 Å². The number of hydrogen-bond acceptors (Lipinski definition) is 12. The molecule has 6 aromatic rings. The van der Waals surface area contributed by atoms with Gasteiger partial charge in [-0.2, -0.15) is 26.3 Å². The van der Waals surface area contributed by atoms with Crippen molar-refractivity contribution in [2.75, 3.05) is 40.4 Å². The predicted molar refractivity (Wildman–Crippen MR) is 276 cm³/mol. The Kier molecular flexibility index (Phi) is 16.7. The van der Waals surface area contributed by atoms with E-state index in [-0.39, 0.29) is 51.6 Å². The molecule has 418 valence electrons. The van der Waals surface area contributed by atoms with Crippen LogP contribution in [0.2, 0.25) is 5.02 Å². The highest BCUT2D eigenvalue weighted by Gasteiger charge is 2.57. The summed E-state index contributed by atoms with van der Waals surface area (Å²) in [4.78, 5) is 34.3. The van der Waals surface area contributed by atoms with Gasteiger partial charge in [-0.3, -0.25) is 9.59 Å². The van der Waals surface area contributed by atoms with Gasteiger partial charge in [0.25, 0.3) is 0 Å². The molecule has 4 heterocycles. The van der Waals surface area contributed by atoms with Crippen molar-refractivity contribution in [1.29, 1.82) is 0 Å². The summed E-state index contributed by atoms with van der Waals surface area (Å²) in [6.07, 6.45) is -9.48. The maximum absolute atomic E-state index is 14.5. The number of aliphatic hydroxyl groups is 2. The molecule has 0 spiro atoms. The Morgan fingerprint density at radius 1 is 0.570 bits per heavy atom. The van der Waals surface area contributed by atoms with Crippen molar-refractivity contribution in [2.45, 2.75) is 99.0 Å². The van der Waals surface area contributed by atoms with Crippen molar-refractivity contribution >= 4 is 23.2 Å². The summed E-state index contributed by atoms with van der Waals surface area (Å²) in [5.41, 5.74) is -5.68. The van der Waals surface area contributed by atoms with E-state index < -0.39 is 83.8 Å². The maximum Gasteiger partial charge on any atom is 0.422 e. The number of carbonyl (C=O) groups excluding carboxylic acids is 2. The van der Waals surface area contributed by atoms with Crippen LogP contribution >= 0.6 is 11.6 Å². The number of nitrogens with zero attached hydrogens (tertiary/aromatic N) is 2. The summed E-state index contributed by atoms with van der Waals surface area (Å²) >= 11 is 5.91. The van der Waals surface area contributed by atoms with E-state index >= 15 is 0 Å². The molecular formula is C58H55ClF8N4O8. The Hall–Kier alpha value is -6.71. The van der Waals surface area contributed by atoms with Crippen LogP contribution in [0, 0.1) is 11.6 Å². The third-order valence-electron chi connectivity index (χ3n) is 14.4. The third-order valence-corrected chi connectivity index (χ3v) is 14.7. The highest BCUT2D eigenvalue weighted by Crippen LogP contribution is 2.46. The van der Waals surface area contributed by atoms with Crippen LogP contribution in [0.1, 0.15) is 106 Å². The quantitative estimate of drug-likeness (QED) is 0.0424. The first-order valence-corrected chi connectivity index (χ1v) is 25.9. The predicted octanol–water partition coefficient (Wildman–Crippen LogP) is 11.7. The molecule has 0 bridgehead atoms. The number of carbonyl (C=O) groups is 2. The summed E-state index contributed by atoms with van der Waals surface area (Å²) in [6.45, 7) is 2.21. The van der Waals surface area contributed by atoms with Crippen LogP contribution in [-0.2, 0) is 11.2 Å². The first-order chi connectivity index (χ1) is 37.5. The second-order valence-electron chi connectivity index (χ2n) is 20.1. The minimum absolute atomic E-state index is 0.0612. The molecule has 2 aromatic heterocycles. The Morgan fingerprint density at radius 3 is 1.35 bits per heavy atom. The van der Waals surface area contributed by atoms with Crippen LogP contribution in [0.5, 0.6) is 23.0 Å². The molecule has 0 amide bonds. The lowest BCUT2D eigenvalue weighted by molar-refractivity contribution is -0.270. The molecule has 4 N–H and O–H groups in total. The Labute approximate surface area is 454 Å². The molecule has 4 fully saturated rings. The first-order valence-electron chi connectivity index (χ1n) is 25.6. The van der Waals surface area contributed by atoms with Crippen LogP contribution in [0.15, 0.2) is 103 Å². The second-order valence-corrected chi connectivity index (χ2v) is 20.5. The lowest BCUT2D eigenvalue weighted by atomic mass is 9.86. The summed E-state index contributed by atoms with van der Waals surface area (Å²) in [5, 5.41) is 28.2. The van der Waals surface area contributed by atoms with Crippen LogP contribution in [0.3, 0.4) is 0 Å². The van der Waals surface area contributed by atoms with E-state index in [4.69, 9.17) is 30.5 Å². The number of halogens is 9. The van der Waals surface area contributed by atoms with E-state index in [2.05, 4.69) is 20.6 Å². The van der Waals surface area contributed by atoms with Gasteiger partial charge in [-0.25, -0.2) is 18.7 Å². The molecule has 4 aromatic carbocycles. The largest absolute Gasteiger partial charge is 0.493 e. The normalized spacial score (nSPS) is 17.2. The van der Waals surface area contributed by atoms with Crippen molar-refractivity contribution in [3.8, 4) is 45.5 Å². The van der Waals surface area contributed by atoms with E-state index in [0.29, 0.717) is 71.4 Å². The number of ether oxygens (including phenoxy) is 4. The fourth-order valence-electron chi connectivity index (χ4n) is 8.93. The monoisotopic (exact) mass is 1120 g/mol. The van der Waals surface area contributed by atoms with Crippen LogP contribution in [0.25, 0.3) is 22.5 Å². The van der Waals surface area contributed by atoms with Gasteiger partial charge in [0.1, 0.15) is 11.6 Å². The second kappa shape index (κ2) is 23.2. The molecule has 4 aliphatic rings. The number of benzene rings is 4. The zero-order chi connectivity index (χ0) is 56.4. The number of pyridine rings is 2. The average Bonchev–Trinajstić information content (AvgIpc) is 4.48. The summed E-state index contributed by atoms with van der Waals surface area (Å²) in [7, 11) is 2.83. The molecule has 10 rings (SSSR count). The maximum atomic E-state index is 14.5. The van der Waals surface area contributed by atoms with Gasteiger partial charge in [0.05, 0.1) is 54.2 Å².